The molecule has 4 nitrogen and oxygen atoms in total. The lowest BCUT2D eigenvalue weighted by molar-refractivity contribution is -0.123. The smallest absolute Gasteiger partial charge is 0.220 e. The van der Waals surface area contributed by atoms with Crippen LogP contribution < -0.4 is 10.6 Å². The molecule has 3 atom stereocenters. The van der Waals surface area contributed by atoms with E-state index >= 15 is 0 Å². The second-order valence-electron chi connectivity index (χ2n) is 5.63. The average Bonchev–Trinajstić information content (AvgIpc) is 2.90. The van der Waals surface area contributed by atoms with Gasteiger partial charge in [0.1, 0.15) is 0 Å². The molecule has 1 saturated carbocycles. The van der Waals surface area contributed by atoms with Crippen LogP contribution in [0.25, 0.3) is 0 Å². The van der Waals surface area contributed by atoms with Crippen molar-refractivity contribution in [2.24, 2.45) is 5.92 Å². The predicted molar refractivity (Wildman–Crippen MR) is 71.4 cm³/mol. The van der Waals surface area contributed by atoms with E-state index in [4.69, 9.17) is 4.74 Å². The molecule has 0 radical (unpaired) electrons. The van der Waals surface area contributed by atoms with Gasteiger partial charge in [0.05, 0.1) is 12.1 Å². The Morgan fingerprint density at radius 2 is 2.17 bits per heavy atom. The Kier molecular flexibility index (Phi) is 5.45. The van der Waals surface area contributed by atoms with Crippen LogP contribution in [0, 0.1) is 5.92 Å². The fourth-order valence-corrected chi connectivity index (χ4v) is 3.12. The molecular weight excluding hydrogens is 228 g/mol. The maximum atomic E-state index is 11.9. The Balaban J connectivity index is 1.68. The Hall–Kier alpha value is -0.610. The van der Waals surface area contributed by atoms with E-state index in [-0.39, 0.29) is 18.1 Å². The standard InChI is InChI=1S/C14H26N2O2/c1-18-13-5-3-2-4-12(13)16-14(17)7-6-11-8-9-15-10-11/h11-13,15H,2-10H2,1H3,(H,16,17). The van der Waals surface area contributed by atoms with Gasteiger partial charge in [0.25, 0.3) is 0 Å². The number of hydrogen-bond acceptors (Lipinski definition) is 3. The zero-order chi connectivity index (χ0) is 12.8. The van der Waals surface area contributed by atoms with Crippen LogP contribution in [0.3, 0.4) is 0 Å². The van der Waals surface area contributed by atoms with Gasteiger partial charge in [-0.05, 0) is 44.7 Å². The first-order chi connectivity index (χ1) is 8.79. The molecule has 0 bridgehead atoms. The van der Waals surface area contributed by atoms with Gasteiger partial charge in [0.15, 0.2) is 0 Å². The summed E-state index contributed by atoms with van der Waals surface area (Å²) in [6.07, 6.45) is 7.69. The molecule has 18 heavy (non-hydrogen) atoms. The average molecular weight is 254 g/mol. The summed E-state index contributed by atoms with van der Waals surface area (Å²) >= 11 is 0. The Labute approximate surface area is 110 Å². The van der Waals surface area contributed by atoms with Crippen LogP contribution in [0.5, 0.6) is 0 Å². The summed E-state index contributed by atoms with van der Waals surface area (Å²) in [6, 6.07) is 0.234. The lowest BCUT2D eigenvalue weighted by Gasteiger charge is -2.31. The third-order valence-electron chi connectivity index (χ3n) is 4.29. The largest absolute Gasteiger partial charge is 0.379 e. The van der Waals surface area contributed by atoms with E-state index in [0.29, 0.717) is 12.3 Å². The number of hydrogen-bond donors (Lipinski definition) is 2. The Morgan fingerprint density at radius 3 is 2.89 bits per heavy atom. The first-order valence-electron chi connectivity index (χ1n) is 7.32. The quantitative estimate of drug-likeness (QED) is 0.781. The number of ether oxygens (including phenoxy) is 1. The van der Waals surface area contributed by atoms with E-state index in [1.165, 1.54) is 19.3 Å². The third-order valence-corrected chi connectivity index (χ3v) is 4.29. The van der Waals surface area contributed by atoms with Gasteiger partial charge in [-0.25, -0.2) is 0 Å². The van der Waals surface area contributed by atoms with Gasteiger partial charge in [-0.1, -0.05) is 12.8 Å². The highest BCUT2D eigenvalue weighted by atomic mass is 16.5. The zero-order valence-corrected chi connectivity index (χ0v) is 11.4. The van der Waals surface area contributed by atoms with Crippen LogP contribution in [-0.2, 0) is 9.53 Å². The molecule has 1 amide bonds. The number of carbonyl (C=O) groups excluding carboxylic acids is 1. The molecule has 2 rings (SSSR count). The van der Waals surface area contributed by atoms with Crippen LogP contribution in [0.4, 0.5) is 0 Å². The summed E-state index contributed by atoms with van der Waals surface area (Å²) in [7, 11) is 1.75. The van der Waals surface area contributed by atoms with E-state index in [1.807, 2.05) is 0 Å². The number of nitrogens with one attached hydrogen (secondary N) is 2. The third kappa shape index (κ3) is 3.95. The number of carbonyl (C=O) groups is 1. The van der Waals surface area contributed by atoms with Gasteiger partial charge in [-0.15, -0.1) is 0 Å². The molecule has 2 fully saturated rings. The highest BCUT2D eigenvalue weighted by Gasteiger charge is 2.26. The highest BCUT2D eigenvalue weighted by Crippen LogP contribution is 2.21. The minimum atomic E-state index is 0.204. The molecule has 0 aromatic carbocycles. The molecule has 1 aliphatic carbocycles. The summed E-state index contributed by atoms with van der Waals surface area (Å²) < 4.78 is 5.46. The molecule has 0 aromatic heterocycles. The van der Waals surface area contributed by atoms with Gasteiger partial charge in [0.2, 0.25) is 5.91 Å². The van der Waals surface area contributed by atoms with Crippen LogP contribution in [0.2, 0.25) is 0 Å². The Bertz CT molecular complexity index is 265. The monoisotopic (exact) mass is 254 g/mol. The van der Waals surface area contributed by atoms with Crippen LogP contribution in [0.15, 0.2) is 0 Å². The fourth-order valence-electron chi connectivity index (χ4n) is 3.12. The van der Waals surface area contributed by atoms with Crippen molar-refractivity contribution in [3.63, 3.8) is 0 Å². The molecular formula is C14H26N2O2. The summed E-state index contributed by atoms with van der Waals surface area (Å²) in [5.41, 5.74) is 0. The summed E-state index contributed by atoms with van der Waals surface area (Å²) in [5, 5.41) is 6.50. The molecule has 4 heteroatoms. The van der Waals surface area contributed by atoms with E-state index in [9.17, 15) is 4.79 Å². The van der Waals surface area contributed by atoms with Crippen molar-refractivity contribution in [3.05, 3.63) is 0 Å². The van der Waals surface area contributed by atoms with Crippen molar-refractivity contribution in [1.82, 2.24) is 10.6 Å². The van der Waals surface area contributed by atoms with Crippen molar-refractivity contribution in [1.29, 1.82) is 0 Å². The zero-order valence-electron chi connectivity index (χ0n) is 11.4. The minimum absolute atomic E-state index is 0.204. The summed E-state index contributed by atoms with van der Waals surface area (Å²) in [4.78, 5) is 11.9. The fraction of sp³-hybridized carbons (Fsp3) is 0.929. The molecule has 3 unspecified atom stereocenters. The van der Waals surface area contributed by atoms with Gasteiger partial charge in [-0.3, -0.25) is 4.79 Å². The molecule has 0 spiro atoms. The normalized spacial score (nSPS) is 32.4. The minimum Gasteiger partial charge on any atom is -0.379 e. The first-order valence-corrected chi connectivity index (χ1v) is 7.32. The second kappa shape index (κ2) is 7.10. The van der Waals surface area contributed by atoms with Gasteiger partial charge in [-0.2, -0.15) is 0 Å². The molecule has 1 heterocycles. The van der Waals surface area contributed by atoms with Crippen molar-refractivity contribution in [2.45, 2.75) is 57.1 Å². The number of methoxy groups -OCH3 is 1. The second-order valence-corrected chi connectivity index (χ2v) is 5.63. The topological polar surface area (TPSA) is 50.4 Å². The van der Waals surface area contributed by atoms with Crippen molar-refractivity contribution in [2.75, 3.05) is 20.2 Å². The van der Waals surface area contributed by atoms with E-state index in [2.05, 4.69) is 10.6 Å². The van der Waals surface area contributed by atoms with E-state index in [1.54, 1.807) is 7.11 Å². The maximum absolute atomic E-state index is 11.9. The lowest BCUT2D eigenvalue weighted by atomic mass is 9.92. The predicted octanol–water partition coefficient (Wildman–Crippen LogP) is 1.45. The van der Waals surface area contributed by atoms with Gasteiger partial charge < -0.3 is 15.4 Å². The summed E-state index contributed by atoms with van der Waals surface area (Å²) in [5.74, 6) is 0.899. The number of amides is 1. The van der Waals surface area contributed by atoms with Crippen LogP contribution in [0.1, 0.15) is 44.9 Å². The van der Waals surface area contributed by atoms with Crippen molar-refractivity contribution < 1.29 is 9.53 Å². The Morgan fingerprint density at radius 1 is 1.33 bits per heavy atom. The molecule has 2 aliphatic rings. The van der Waals surface area contributed by atoms with Crippen LogP contribution in [-0.4, -0.2) is 38.3 Å². The number of rotatable bonds is 5. The van der Waals surface area contributed by atoms with Crippen molar-refractivity contribution >= 4 is 5.91 Å². The molecule has 104 valence electrons. The van der Waals surface area contributed by atoms with Crippen molar-refractivity contribution in [3.8, 4) is 0 Å². The highest BCUT2D eigenvalue weighted by molar-refractivity contribution is 5.76. The summed E-state index contributed by atoms with van der Waals surface area (Å²) in [6.45, 7) is 2.19. The first kappa shape index (κ1) is 13.8. The lowest BCUT2D eigenvalue weighted by Crippen LogP contribution is -2.46. The maximum Gasteiger partial charge on any atom is 0.220 e. The van der Waals surface area contributed by atoms with E-state index < -0.39 is 0 Å². The molecule has 2 N–H and O–H groups in total. The van der Waals surface area contributed by atoms with E-state index in [0.717, 1.165) is 32.4 Å². The SMILES string of the molecule is COC1CCCCC1NC(=O)CCC1CCNC1. The van der Waals surface area contributed by atoms with Gasteiger partial charge in [0, 0.05) is 13.5 Å². The van der Waals surface area contributed by atoms with Gasteiger partial charge >= 0.3 is 0 Å². The molecule has 1 saturated heterocycles. The molecule has 0 aromatic rings. The van der Waals surface area contributed by atoms with Crippen LogP contribution >= 0.6 is 0 Å². The molecule has 1 aliphatic heterocycles.